The van der Waals surface area contributed by atoms with E-state index in [-0.39, 0.29) is 11.5 Å². The summed E-state index contributed by atoms with van der Waals surface area (Å²) in [5.41, 5.74) is 0. The second kappa shape index (κ2) is 6.84. The average molecular weight is 371 g/mol. The Hall–Kier alpha value is -0.700. The smallest absolute Gasteiger partial charge is 0.222 e. The lowest BCUT2D eigenvalue weighted by molar-refractivity contribution is 0.415. The molecule has 0 spiro atoms. The first-order chi connectivity index (χ1) is 9.45. The maximum atomic E-state index is 11.7. The summed E-state index contributed by atoms with van der Waals surface area (Å²) in [5.74, 6) is 0.557. The molecular weight excluding hydrogens is 365 g/mol. The van der Waals surface area contributed by atoms with Gasteiger partial charge in [0.15, 0.2) is 11.5 Å². The van der Waals surface area contributed by atoms with Crippen molar-refractivity contribution in [3.63, 3.8) is 0 Å². The lowest BCUT2D eigenvalue weighted by atomic mass is 10.3. The van der Waals surface area contributed by atoms with Gasteiger partial charge in [-0.05, 0) is 24.3 Å². The highest BCUT2D eigenvalue weighted by Gasteiger charge is 2.25. The molecule has 0 radical (unpaired) electrons. The summed E-state index contributed by atoms with van der Waals surface area (Å²) in [5, 5.41) is 1.34. The van der Waals surface area contributed by atoms with Gasteiger partial charge < -0.3 is 0 Å². The Morgan fingerprint density at radius 2 is 1.10 bits per heavy atom. The number of rotatable bonds is 4. The van der Waals surface area contributed by atoms with Crippen LogP contribution in [0.1, 0.15) is 0 Å². The molecule has 20 heavy (non-hydrogen) atoms. The highest BCUT2D eigenvalue weighted by atomic mass is 35.5. The van der Waals surface area contributed by atoms with E-state index in [1.165, 1.54) is 36.4 Å². The summed E-state index contributed by atoms with van der Waals surface area (Å²) < 4.78 is 21.9. The minimum atomic E-state index is -2.43. The molecule has 8 heteroatoms. The molecule has 2 rings (SSSR count). The van der Waals surface area contributed by atoms with Crippen LogP contribution in [-0.4, -0.2) is 0 Å². The van der Waals surface area contributed by atoms with E-state index in [0.717, 1.165) is 0 Å². The molecule has 0 saturated carbocycles. The van der Waals surface area contributed by atoms with Gasteiger partial charge in [-0.2, -0.15) is 0 Å². The van der Waals surface area contributed by atoms with E-state index in [1.807, 2.05) is 0 Å². The minimum absolute atomic E-state index is 0.278. The van der Waals surface area contributed by atoms with Crippen LogP contribution in [0, 0.1) is 0 Å². The Morgan fingerprint density at radius 3 is 1.45 bits per heavy atom. The van der Waals surface area contributed by atoms with Gasteiger partial charge in [-0.15, -0.1) is 0 Å². The van der Waals surface area contributed by atoms with Gasteiger partial charge >= 0.3 is 8.25 Å². The van der Waals surface area contributed by atoms with Gasteiger partial charge in [0.25, 0.3) is 0 Å². The van der Waals surface area contributed by atoms with Crippen LogP contribution in [0.5, 0.6) is 11.5 Å². The molecule has 0 aliphatic carbocycles. The van der Waals surface area contributed by atoms with Crippen molar-refractivity contribution in [1.82, 2.24) is 0 Å². The van der Waals surface area contributed by atoms with Crippen LogP contribution >= 0.6 is 54.7 Å². The summed E-state index contributed by atoms with van der Waals surface area (Å²) >= 11 is 23.2. The van der Waals surface area contributed by atoms with Crippen LogP contribution in [0.15, 0.2) is 36.4 Å². The largest absolute Gasteiger partial charge is 0.805 e. The Bertz CT molecular complexity index is 608. The Labute approximate surface area is 136 Å². The molecule has 0 bridgehead atoms. The van der Waals surface area contributed by atoms with Crippen molar-refractivity contribution in [1.29, 1.82) is 0 Å². The fourth-order valence-corrected chi connectivity index (χ4v) is 2.44. The third-order valence-electron chi connectivity index (χ3n) is 2.14. The Balaban J connectivity index is 2.04. The van der Waals surface area contributed by atoms with Gasteiger partial charge in [0.05, 0.1) is 20.1 Å². The van der Waals surface area contributed by atoms with E-state index < -0.39 is 8.25 Å². The number of benzene rings is 2. The maximum Gasteiger partial charge on any atom is 0.805 e. The topological polar surface area (TPSA) is 35.5 Å². The molecule has 0 N–H and O–H groups in total. The predicted octanol–water partition coefficient (Wildman–Crippen LogP) is 6.42. The van der Waals surface area contributed by atoms with Crippen LogP contribution in [-0.2, 0) is 4.57 Å². The Morgan fingerprint density at radius 1 is 0.700 bits per heavy atom. The van der Waals surface area contributed by atoms with Crippen LogP contribution < -0.4 is 9.05 Å². The first kappa shape index (κ1) is 15.7. The lowest BCUT2D eigenvalue weighted by Crippen LogP contribution is -1.89. The molecule has 0 aliphatic heterocycles. The molecule has 0 fully saturated rings. The summed E-state index contributed by atoms with van der Waals surface area (Å²) in [7, 11) is -2.43. The molecule has 0 saturated heterocycles. The monoisotopic (exact) mass is 369 g/mol. The van der Waals surface area contributed by atoms with Gasteiger partial charge in [0, 0.05) is 16.7 Å². The van der Waals surface area contributed by atoms with E-state index in [9.17, 15) is 4.57 Å². The van der Waals surface area contributed by atoms with Gasteiger partial charge in [-0.25, -0.2) is 9.05 Å². The van der Waals surface area contributed by atoms with Gasteiger partial charge in [-0.1, -0.05) is 46.4 Å². The third kappa shape index (κ3) is 4.15. The zero-order valence-electron chi connectivity index (χ0n) is 9.65. The lowest BCUT2D eigenvalue weighted by Gasteiger charge is -1.98. The summed E-state index contributed by atoms with van der Waals surface area (Å²) in [4.78, 5) is 0. The standard InChI is InChI=1S/C12H6Cl4O3P/c13-9-3-1-7(5-11(9)15)18-20(17)19-8-2-4-10(14)12(16)6-8/h1-6H/q+1. The average Bonchev–Trinajstić information content (AvgIpc) is 2.38. The minimum Gasteiger partial charge on any atom is -0.222 e. The van der Waals surface area contributed by atoms with Crippen molar-refractivity contribution < 1.29 is 13.6 Å². The van der Waals surface area contributed by atoms with E-state index in [4.69, 9.17) is 55.5 Å². The number of halogens is 4. The molecule has 2 aromatic carbocycles. The van der Waals surface area contributed by atoms with E-state index >= 15 is 0 Å². The van der Waals surface area contributed by atoms with Crippen molar-refractivity contribution >= 4 is 54.7 Å². The van der Waals surface area contributed by atoms with Crippen molar-refractivity contribution in [3.8, 4) is 11.5 Å². The second-order valence-electron chi connectivity index (χ2n) is 3.56. The number of hydrogen-bond donors (Lipinski definition) is 0. The SMILES string of the molecule is O=[P+](Oc1ccc(Cl)c(Cl)c1)Oc1ccc(Cl)c(Cl)c1. The van der Waals surface area contributed by atoms with Crippen molar-refractivity contribution in [3.05, 3.63) is 56.5 Å². The number of hydrogen-bond acceptors (Lipinski definition) is 3. The van der Waals surface area contributed by atoms with E-state index in [0.29, 0.717) is 20.1 Å². The first-order valence-corrected chi connectivity index (χ1v) is 7.80. The summed E-state index contributed by atoms with van der Waals surface area (Å²) in [6, 6.07) is 8.99. The fraction of sp³-hybridized carbons (Fsp3) is 0. The van der Waals surface area contributed by atoms with Crippen molar-refractivity contribution in [2.24, 2.45) is 0 Å². The summed E-state index contributed by atoms with van der Waals surface area (Å²) in [6.45, 7) is 0. The predicted molar refractivity (Wildman–Crippen MR) is 81.8 cm³/mol. The molecule has 0 aliphatic rings. The zero-order valence-corrected chi connectivity index (χ0v) is 13.6. The van der Waals surface area contributed by atoms with Crippen LogP contribution in [0.4, 0.5) is 0 Å². The van der Waals surface area contributed by atoms with Crippen molar-refractivity contribution in [2.45, 2.75) is 0 Å². The maximum absolute atomic E-state index is 11.7. The van der Waals surface area contributed by atoms with Gasteiger partial charge in [0.1, 0.15) is 0 Å². The van der Waals surface area contributed by atoms with Gasteiger partial charge in [0.2, 0.25) is 0 Å². The van der Waals surface area contributed by atoms with Gasteiger partial charge in [-0.3, -0.25) is 0 Å². The zero-order chi connectivity index (χ0) is 14.7. The third-order valence-corrected chi connectivity index (χ3v) is 4.34. The summed E-state index contributed by atoms with van der Waals surface area (Å²) in [6.07, 6.45) is 0. The normalized spacial score (nSPS) is 10.2. The molecule has 2 aromatic rings. The Kier molecular flexibility index (Phi) is 5.36. The van der Waals surface area contributed by atoms with Crippen LogP contribution in [0.3, 0.4) is 0 Å². The van der Waals surface area contributed by atoms with E-state index in [2.05, 4.69) is 0 Å². The quantitative estimate of drug-likeness (QED) is 0.583. The van der Waals surface area contributed by atoms with Crippen LogP contribution in [0.2, 0.25) is 20.1 Å². The second-order valence-corrected chi connectivity index (χ2v) is 6.00. The molecule has 0 atom stereocenters. The highest BCUT2D eigenvalue weighted by molar-refractivity contribution is 7.34. The molecular formula is C12H6Cl4O3P+. The molecule has 3 nitrogen and oxygen atoms in total. The fourth-order valence-electron chi connectivity index (χ4n) is 1.26. The molecule has 0 amide bonds. The molecule has 0 aromatic heterocycles. The molecule has 0 heterocycles. The molecule has 104 valence electrons. The van der Waals surface area contributed by atoms with Crippen molar-refractivity contribution in [2.75, 3.05) is 0 Å². The first-order valence-electron chi connectivity index (χ1n) is 5.19. The molecule has 0 unspecified atom stereocenters. The van der Waals surface area contributed by atoms with E-state index in [1.54, 1.807) is 0 Å². The van der Waals surface area contributed by atoms with Crippen LogP contribution in [0.25, 0.3) is 0 Å². The highest BCUT2D eigenvalue weighted by Crippen LogP contribution is 2.35.